The summed E-state index contributed by atoms with van der Waals surface area (Å²) < 4.78 is 63.6. The molecule has 0 fully saturated rings. The Morgan fingerprint density at radius 3 is 2.13 bits per heavy atom. The molecule has 0 heterocycles. The van der Waals surface area contributed by atoms with Crippen LogP contribution in [-0.4, -0.2) is 19.6 Å². The second-order valence-electron chi connectivity index (χ2n) is 6.09. The number of nitrogens with one attached hydrogen (secondary N) is 1. The van der Waals surface area contributed by atoms with Gasteiger partial charge in [0.15, 0.2) is 5.75 Å². The number of alkyl halides is 3. The molecular formula is C20H13Cl2F3N2O3S. The van der Waals surface area contributed by atoms with Crippen LogP contribution in [0, 0.1) is 0 Å². The van der Waals surface area contributed by atoms with E-state index in [1.807, 2.05) is 0 Å². The zero-order valence-electron chi connectivity index (χ0n) is 15.4. The molecule has 0 atom stereocenters. The summed E-state index contributed by atoms with van der Waals surface area (Å²) >= 11 is 11.9. The third-order valence-electron chi connectivity index (χ3n) is 3.89. The van der Waals surface area contributed by atoms with Gasteiger partial charge in [-0.05, 0) is 42.5 Å². The first-order chi connectivity index (χ1) is 14.6. The normalized spacial score (nSPS) is 12.5. The van der Waals surface area contributed by atoms with E-state index in [0.29, 0.717) is 16.3 Å². The molecule has 0 aliphatic carbocycles. The molecular weight excluding hydrogens is 476 g/mol. The van der Waals surface area contributed by atoms with Crippen molar-refractivity contribution in [1.29, 1.82) is 0 Å². The minimum Gasteiger partial charge on any atom is -0.356 e. The van der Waals surface area contributed by atoms with Crippen molar-refractivity contribution in [2.75, 3.05) is 4.72 Å². The van der Waals surface area contributed by atoms with Gasteiger partial charge in [-0.2, -0.15) is 21.6 Å². The lowest BCUT2D eigenvalue weighted by atomic mass is 10.0. The molecule has 11 heteroatoms. The van der Waals surface area contributed by atoms with Crippen LogP contribution in [-0.2, 0) is 10.0 Å². The Morgan fingerprint density at radius 2 is 1.52 bits per heavy atom. The molecule has 0 bridgehead atoms. The lowest BCUT2D eigenvalue weighted by Crippen LogP contribution is -2.30. The van der Waals surface area contributed by atoms with Gasteiger partial charge in [0.1, 0.15) is 5.71 Å². The lowest BCUT2D eigenvalue weighted by Gasteiger charge is -2.16. The van der Waals surface area contributed by atoms with E-state index in [1.165, 1.54) is 12.1 Å². The zero-order chi connectivity index (χ0) is 22.6. The maximum atomic E-state index is 12.9. The summed E-state index contributed by atoms with van der Waals surface area (Å²) in [5, 5.41) is 4.68. The van der Waals surface area contributed by atoms with Gasteiger partial charge in [-0.25, -0.2) is 0 Å². The quantitative estimate of drug-likeness (QED) is 0.337. The molecule has 162 valence electrons. The molecule has 0 unspecified atom stereocenters. The number of hydrogen-bond acceptors (Lipinski definition) is 4. The van der Waals surface area contributed by atoms with E-state index < -0.39 is 15.5 Å². The predicted octanol–water partition coefficient (Wildman–Crippen LogP) is 6.09. The topological polar surface area (TPSA) is 67.8 Å². The molecule has 31 heavy (non-hydrogen) atoms. The van der Waals surface area contributed by atoms with Gasteiger partial charge in [0.2, 0.25) is 0 Å². The Morgan fingerprint density at radius 1 is 0.903 bits per heavy atom. The summed E-state index contributed by atoms with van der Waals surface area (Å²) in [4.78, 5) is 5.41. The number of oxime groups is 1. The van der Waals surface area contributed by atoms with Gasteiger partial charge in [-0.15, -0.1) is 0 Å². The van der Waals surface area contributed by atoms with Gasteiger partial charge in [0.05, 0.1) is 5.69 Å². The number of benzene rings is 3. The number of rotatable bonds is 6. The first-order valence-electron chi connectivity index (χ1n) is 8.52. The van der Waals surface area contributed by atoms with Crippen LogP contribution in [0.1, 0.15) is 11.1 Å². The monoisotopic (exact) mass is 488 g/mol. The van der Waals surface area contributed by atoms with Gasteiger partial charge in [-0.1, -0.05) is 58.7 Å². The van der Waals surface area contributed by atoms with Gasteiger partial charge >= 0.3 is 15.5 Å². The average molecular weight is 489 g/mol. The third kappa shape index (κ3) is 5.69. The summed E-state index contributed by atoms with van der Waals surface area (Å²) in [5.74, 6) is 0.303. The Bertz CT molecular complexity index is 1200. The summed E-state index contributed by atoms with van der Waals surface area (Å²) in [5.41, 5.74) is -5.39. The van der Waals surface area contributed by atoms with Crippen LogP contribution in [0.25, 0.3) is 0 Å². The lowest BCUT2D eigenvalue weighted by molar-refractivity contribution is -0.0429. The highest BCUT2D eigenvalue weighted by atomic mass is 35.5. The summed E-state index contributed by atoms with van der Waals surface area (Å²) in [6, 6.07) is 18.2. The number of nitrogens with zero attached hydrogens (tertiary/aromatic N) is 1. The minimum absolute atomic E-state index is 0.0134. The van der Waals surface area contributed by atoms with Crippen LogP contribution < -0.4 is 9.56 Å². The molecule has 3 aromatic rings. The van der Waals surface area contributed by atoms with Crippen LogP contribution in [0.2, 0.25) is 10.0 Å². The Kier molecular flexibility index (Phi) is 6.78. The fourth-order valence-electron chi connectivity index (χ4n) is 2.45. The second-order valence-corrected chi connectivity index (χ2v) is 8.64. The molecule has 0 saturated carbocycles. The van der Waals surface area contributed by atoms with Crippen LogP contribution in [0.4, 0.5) is 18.9 Å². The SMILES string of the molecule is O=S(=O)(Nc1ccc(Cl)cc1/C(=N/Oc1ccc(Cl)cc1)c1ccccc1)C(F)(F)F. The Hall–Kier alpha value is -2.75. The largest absolute Gasteiger partial charge is 0.516 e. The smallest absolute Gasteiger partial charge is 0.356 e. The van der Waals surface area contributed by atoms with Crippen molar-refractivity contribution in [3.63, 3.8) is 0 Å². The molecule has 0 aliphatic rings. The van der Waals surface area contributed by atoms with Gasteiger partial charge in [0.25, 0.3) is 0 Å². The molecule has 3 aromatic carbocycles. The van der Waals surface area contributed by atoms with Crippen molar-refractivity contribution < 1.29 is 26.4 Å². The zero-order valence-corrected chi connectivity index (χ0v) is 17.7. The highest BCUT2D eigenvalue weighted by Gasteiger charge is 2.46. The fraction of sp³-hybridized carbons (Fsp3) is 0.0500. The standard InChI is InChI=1S/C20H13Cl2F3N2O3S/c21-14-6-9-16(10-7-14)30-26-19(13-4-2-1-3-5-13)17-12-15(22)8-11-18(17)27-31(28,29)20(23,24)25/h1-12,27H/b26-19+. The molecule has 0 aromatic heterocycles. The van der Waals surface area contributed by atoms with E-state index in [9.17, 15) is 21.6 Å². The molecule has 0 radical (unpaired) electrons. The van der Waals surface area contributed by atoms with E-state index in [4.69, 9.17) is 28.0 Å². The van der Waals surface area contributed by atoms with Crippen molar-refractivity contribution >= 4 is 44.6 Å². The van der Waals surface area contributed by atoms with Gasteiger partial charge in [0, 0.05) is 21.2 Å². The molecule has 0 aliphatic heterocycles. The fourth-order valence-corrected chi connectivity index (χ4v) is 3.33. The van der Waals surface area contributed by atoms with Crippen molar-refractivity contribution in [1.82, 2.24) is 0 Å². The maximum absolute atomic E-state index is 12.9. The van der Waals surface area contributed by atoms with Crippen LogP contribution in [0.15, 0.2) is 78.0 Å². The molecule has 0 spiro atoms. The number of anilines is 1. The first kappa shape index (κ1) is 22.9. The van der Waals surface area contributed by atoms with Crippen molar-refractivity contribution in [2.45, 2.75) is 5.51 Å². The van der Waals surface area contributed by atoms with E-state index in [0.717, 1.165) is 6.07 Å². The summed E-state index contributed by atoms with van der Waals surface area (Å²) in [6.45, 7) is 0. The maximum Gasteiger partial charge on any atom is 0.516 e. The highest BCUT2D eigenvalue weighted by Crippen LogP contribution is 2.30. The molecule has 1 N–H and O–H groups in total. The van der Waals surface area contributed by atoms with Crippen molar-refractivity contribution in [2.24, 2.45) is 5.16 Å². The van der Waals surface area contributed by atoms with Crippen molar-refractivity contribution in [3.8, 4) is 5.75 Å². The van der Waals surface area contributed by atoms with Gasteiger partial charge in [-0.3, -0.25) is 4.72 Å². The van der Waals surface area contributed by atoms with Gasteiger partial charge < -0.3 is 4.84 Å². The van der Waals surface area contributed by atoms with E-state index >= 15 is 0 Å². The second kappa shape index (κ2) is 9.17. The van der Waals surface area contributed by atoms with Crippen LogP contribution in [0.5, 0.6) is 5.75 Å². The van der Waals surface area contributed by atoms with Crippen LogP contribution >= 0.6 is 23.2 Å². The van der Waals surface area contributed by atoms with Crippen LogP contribution in [0.3, 0.4) is 0 Å². The first-order valence-corrected chi connectivity index (χ1v) is 10.8. The van der Waals surface area contributed by atoms with Crippen molar-refractivity contribution in [3.05, 3.63) is 94.0 Å². The van der Waals surface area contributed by atoms with E-state index in [-0.39, 0.29) is 22.0 Å². The number of halogens is 5. The van der Waals surface area contributed by atoms with E-state index in [1.54, 1.807) is 59.3 Å². The minimum atomic E-state index is -5.68. The molecule has 0 saturated heterocycles. The highest BCUT2D eigenvalue weighted by molar-refractivity contribution is 7.93. The predicted molar refractivity (Wildman–Crippen MR) is 114 cm³/mol. The molecule has 5 nitrogen and oxygen atoms in total. The number of hydrogen-bond donors (Lipinski definition) is 1. The third-order valence-corrected chi connectivity index (χ3v) is 5.47. The molecule has 3 rings (SSSR count). The average Bonchev–Trinajstić information content (AvgIpc) is 2.71. The summed E-state index contributed by atoms with van der Waals surface area (Å²) in [7, 11) is -5.68. The number of sulfonamides is 1. The molecule has 0 amide bonds. The summed E-state index contributed by atoms with van der Waals surface area (Å²) in [6.07, 6.45) is 0. The van der Waals surface area contributed by atoms with E-state index in [2.05, 4.69) is 5.16 Å². The Labute approximate surface area is 186 Å². The Balaban J connectivity index is 2.12.